The molecule has 170 valence electrons. The highest BCUT2D eigenvalue weighted by Gasteiger charge is 2.52. The number of rotatable bonds is 6. The van der Waals surface area contributed by atoms with Gasteiger partial charge in [0.1, 0.15) is 6.04 Å². The van der Waals surface area contributed by atoms with Crippen LogP contribution in [0.2, 0.25) is 0 Å². The van der Waals surface area contributed by atoms with Gasteiger partial charge in [0.05, 0.1) is 0 Å². The van der Waals surface area contributed by atoms with Gasteiger partial charge in [-0.15, -0.1) is 0 Å². The molecule has 1 aliphatic heterocycles. The molecular formula is C24H29N3O5. The summed E-state index contributed by atoms with van der Waals surface area (Å²) in [5, 5.41) is 22.3. The molecule has 2 bridgehead atoms. The molecule has 4 N–H and O–H groups in total. The van der Waals surface area contributed by atoms with Crippen LogP contribution in [-0.4, -0.2) is 50.5 Å². The second kappa shape index (κ2) is 7.78. The zero-order chi connectivity index (χ0) is 23.3. The van der Waals surface area contributed by atoms with Gasteiger partial charge in [0, 0.05) is 53.1 Å². The number of carboxylic acids is 2. The molecule has 1 aromatic heterocycles. The number of nitrogens with one attached hydrogen (secondary N) is 2. The molecular weight excluding hydrogens is 410 g/mol. The monoisotopic (exact) mass is 439 g/mol. The highest BCUT2D eigenvalue weighted by molar-refractivity contribution is 6.03. The Hall–Kier alpha value is -3.13. The van der Waals surface area contributed by atoms with Crippen LogP contribution in [-0.2, 0) is 14.4 Å². The van der Waals surface area contributed by atoms with Crippen molar-refractivity contribution in [2.24, 2.45) is 10.8 Å². The summed E-state index contributed by atoms with van der Waals surface area (Å²) in [4.78, 5) is 40.2. The number of nitrogens with zero attached hydrogens (tertiary/aromatic N) is 1. The van der Waals surface area contributed by atoms with Crippen LogP contribution >= 0.6 is 0 Å². The first kappa shape index (κ1) is 22.1. The molecule has 1 aromatic carbocycles. The average molecular weight is 440 g/mol. The number of aliphatic carboxylic acids is 2. The lowest BCUT2D eigenvalue weighted by molar-refractivity contribution is -0.144. The summed E-state index contributed by atoms with van der Waals surface area (Å²) in [6.07, 6.45) is 6.55. The minimum absolute atomic E-state index is 0.118. The van der Waals surface area contributed by atoms with Crippen LogP contribution in [0.5, 0.6) is 0 Å². The maximum atomic E-state index is 12.5. The number of amides is 1. The lowest BCUT2D eigenvalue weighted by Gasteiger charge is -2.40. The Kier molecular flexibility index (Phi) is 5.36. The van der Waals surface area contributed by atoms with Crippen molar-refractivity contribution in [1.29, 1.82) is 0 Å². The number of anilines is 1. The fourth-order valence-electron chi connectivity index (χ4n) is 6.04. The number of aromatic nitrogens is 1. The number of likely N-dealkylation sites (tertiary alicyclic amines) is 1. The number of carbonyl (C=O) groups is 3. The first-order chi connectivity index (χ1) is 15.0. The lowest BCUT2D eigenvalue weighted by atomic mass is 9.65. The van der Waals surface area contributed by atoms with Gasteiger partial charge in [0.2, 0.25) is 5.91 Å². The van der Waals surface area contributed by atoms with Crippen molar-refractivity contribution in [3.05, 3.63) is 42.1 Å². The average Bonchev–Trinajstić information content (AvgIpc) is 3.17. The molecule has 1 saturated carbocycles. The first-order valence-electron chi connectivity index (χ1n) is 10.8. The third kappa shape index (κ3) is 4.27. The Morgan fingerprint density at radius 1 is 1.19 bits per heavy atom. The van der Waals surface area contributed by atoms with Crippen LogP contribution in [0.1, 0.15) is 51.6 Å². The largest absolute Gasteiger partial charge is 0.480 e. The number of carbonyl (C=O) groups excluding carboxylic acids is 1. The van der Waals surface area contributed by atoms with Crippen LogP contribution in [0.4, 0.5) is 5.69 Å². The number of H-pyrrole nitrogens is 1. The van der Waals surface area contributed by atoms with Crippen molar-refractivity contribution in [2.75, 3.05) is 11.9 Å². The smallest absolute Gasteiger partial charge is 0.328 e. The SMILES string of the molecule is CC1(C)C[C@H]2C[C@@](C)(CN2[C@H](C(=O)O)c2c[nH]c3cc(NC(=O)/C=C/C(=O)O)ccc23)C1. The van der Waals surface area contributed by atoms with Gasteiger partial charge in [-0.25, -0.2) is 4.79 Å². The maximum absolute atomic E-state index is 12.5. The summed E-state index contributed by atoms with van der Waals surface area (Å²) in [5.74, 6) is -2.62. The van der Waals surface area contributed by atoms with E-state index in [1.54, 1.807) is 24.4 Å². The first-order valence-corrected chi connectivity index (χ1v) is 10.8. The fraction of sp³-hybridized carbons (Fsp3) is 0.458. The van der Waals surface area contributed by atoms with E-state index in [0.29, 0.717) is 16.8 Å². The standard InChI is InChI=1S/C24H29N3O5/c1-23(2)9-15-10-24(3,12-23)13-27(15)21(22(31)32)17-11-25-18-8-14(4-5-16(17)18)26-19(28)6-7-20(29)30/h4-8,11,15,21,25H,9-10,12-13H2,1-3H3,(H,26,28)(H,29,30)(H,31,32)/b7-6+/t15-,21-,24+/m0/s1. The molecule has 2 fully saturated rings. The van der Waals surface area contributed by atoms with Gasteiger partial charge in [-0.05, 0) is 42.2 Å². The molecule has 2 aliphatic rings. The lowest BCUT2D eigenvalue weighted by Crippen LogP contribution is -2.39. The highest BCUT2D eigenvalue weighted by atomic mass is 16.4. The van der Waals surface area contributed by atoms with Crippen molar-refractivity contribution in [2.45, 2.75) is 52.1 Å². The Morgan fingerprint density at radius 3 is 2.62 bits per heavy atom. The third-order valence-electron chi connectivity index (χ3n) is 6.67. The van der Waals surface area contributed by atoms with E-state index in [2.05, 4.69) is 36.0 Å². The van der Waals surface area contributed by atoms with Crippen molar-refractivity contribution >= 4 is 34.4 Å². The minimum atomic E-state index is -1.20. The van der Waals surface area contributed by atoms with Gasteiger partial charge in [-0.3, -0.25) is 14.5 Å². The van der Waals surface area contributed by atoms with Gasteiger partial charge in [-0.1, -0.05) is 26.8 Å². The fourth-order valence-corrected chi connectivity index (χ4v) is 6.04. The van der Waals surface area contributed by atoms with E-state index in [9.17, 15) is 19.5 Å². The van der Waals surface area contributed by atoms with Crippen molar-refractivity contribution < 1.29 is 24.6 Å². The van der Waals surface area contributed by atoms with E-state index >= 15 is 0 Å². The number of hydrogen-bond acceptors (Lipinski definition) is 4. The van der Waals surface area contributed by atoms with Gasteiger partial charge in [-0.2, -0.15) is 0 Å². The van der Waals surface area contributed by atoms with Crippen LogP contribution in [0.3, 0.4) is 0 Å². The molecule has 32 heavy (non-hydrogen) atoms. The van der Waals surface area contributed by atoms with Gasteiger partial charge in [0.15, 0.2) is 0 Å². The van der Waals surface area contributed by atoms with E-state index in [1.807, 2.05) is 0 Å². The van der Waals surface area contributed by atoms with Gasteiger partial charge >= 0.3 is 11.9 Å². The Balaban J connectivity index is 1.62. The highest BCUT2D eigenvalue weighted by Crippen LogP contribution is 2.54. The van der Waals surface area contributed by atoms with Crippen LogP contribution in [0.15, 0.2) is 36.5 Å². The molecule has 1 saturated heterocycles. The number of fused-ring (bicyclic) bond motifs is 3. The summed E-state index contributed by atoms with van der Waals surface area (Å²) in [6.45, 7) is 7.56. The van der Waals surface area contributed by atoms with E-state index in [4.69, 9.17) is 5.11 Å². The number of carboxylic acid groups (broad SMARTS) is 2. The van der Waals surface area contributed by atoms with Crippen LogP contribution in [0.25, 0.3) is 10.9 Å². The van der Waals surface area contributed by atoms with E-state index in [-0.39, 0.29) is 16.9 Å². The molecule has 2 heterocycles. The van der Waals surface area contributed by atoms with Crippen molar-refractivity contribution in [3.63, 3.8) is 0 Å². The summed E-state index contributed by atoms with van der Waals surface area (Å²) < 4.78 is 0. The maximum Gasteiger partial charge on any atom is 0.328 e. The zero-order valence-corrected chi connectivity index (χ0v) is 18.5. The Labute approximate surface area is 186 Å². The van der Waals surface area contributed by atoms with Gasteiger partial charge in [0.25, 0.3) is 0 Å². The van der Waals surface area contributed by atoms with E-state index in [0.717, 1.165) is 43.3 Å². The van der Waals surface area contributed by atoms with Crippen molar-refractivity contribution in [1.82, 2.24) is 9.88 Å². The molecule has 1 aliphatic carbocycles. The predicted octanol–water partition coefficient (Wildman–Crippen LogP) is 3.77. The number of hydrogen-bond donors (Lipinski definition) is 4. The second-order valence-electron chi connectivity index (χ2n) is 10.3. The molecule has 2 aromatic rings. The minimum Gasteiger partial charge on any atom is -0.480 e. The second-order valence-corrected chi connectivity index (χ2v) is 10.3. The molecule has 3 atom stereocenters. The summed E-state index contributed by atoms with van der Waals surface area (Å²) in [6, 6.07) is 4.69. The van der Waals surface area contributed by atoms with E-state index < -0.39 is 23.9 Å². The van der Waals surface area contributed by atoms with Crippen LogP contribution in [0, 0.1) is 10.8 Å². The third-order valence-corrected chi connectivity index (χ3v) is 6.67. The van der Waals surface area contributed by atoms with Gasteiger partial charge < -0.3 is 20.5 Å². The zero-order valence-electron chi connectivity index (χ0n) is 18.5. The summed E-state index contributed by atoms with van der Waals surface area (Å²) in [7, 11) is 0. The Bertz CT molecular complexity index is 1120. The van der Waals surface area contributed by atoms with Crippen LogP contribution < -0.4 is 5.32 Å². The molecule has 0 unspecified atom stereocenters. The molecule has 8 nitrogen and oxygen atoms in total. The number of aromatic amines is 1. The normalized spacial score (nSPS) is 25.8. The Morgan fingerprint density at radius 2 is 1.94 bits per heavy atom. The molecule has 4 rings (SSSR count). The molecule has 1 amide bonds. The number of benzene rings is 1. The molecule has 8 heteroatoms. The quantitative estimate of drug-likeness (QED) is 0.508. The predicted molar refractivity (Wildman–Crippen MR) is 120 cm³/mol. The molecule has 0 radical (unpaired) electrons. The summed E-state index contributed by atoms with van der Waals surface area (Å²) in [5.41, 5.74) is 2.22. The topological polar surface area (TPSA) is 123 Å². The van der Waals surface area contributed by atoms with E-state index in [1.165, 1.54) is 0 Å². The summed E-state index contributed by atoms with van der Waals surface area (Å²) >= 11 is 0. The van der Waals surface area contributed by atoms with Crippen molar-refractivity contribution in [3.8, 4) is 0 Å². The molecule has 0 spiro atoms.